The molecule has 0 aliphatic rings. The fourth-order valence-electron chi connectivity index (χ4n) is 0.982. The molecule has 0 radical (unpaired) electrons. The molecule has 1 atom stereocenters. The topological polar surface area (TPSA) is 92.7 Å². The molecule has 0 saturated carbocycles. The van der Waals surface area contributed by atoms with E-state index in [0.717, 1.165) is 0 Å². The van der Waals surface area contributed by atoms with E-state index in [0.29, 0.717) is 6.61 Å². The van der Waals surface area contributed by atoms with E-state index in [4.69, 9.17) is 9.84 Å². The lowest BCUT2D eigenvalue weighted by Gasteiger charge is -2.11. The summed E-state index contributed by atoms with van der Waals surface area (Å²) in [5.74, 6) is -1.18. The van der Waals surface area contributed by atoms with E-state index >= 15 is 0 Å². The molecule has 0 aromatic heterocycles. The van der Waals surface area contributed by atoms with Crippen LogP contribution in [0.2, 0.25) is 0 Å². The van der Waals surface area contributed by atoms with Crippen molar-refractivity contribution >= 4 is 16.0 Å². The summed E-state index contributed by atoms with van der Waals surface area (Å²) in [6.45, 7) is 3.85. The minimum atomic E-state index is -3.44. The molecule has 0 amide bonds. The Hall–Kier alpha value is -0.660. The zero-order valence-corrected chi connectivity index (χ0v) is 9.71. The fourth-order valence-corrected chi connectivity index (χ4v) is 2.13. The molecular formula is C8H17NO5S. The Morgan fingerprint density at radius 3 is 2.60 bits per heavy atom. The molecule has 7 heteroatoms. The van der Waals surface area contributed by atoms with Crippen LogP contribution in [-0.4, -0.2) is 44.5 Å². The number of sulfonamides is 1. The number of hydrogen-bond acceptors (Lipinski definition) is 4. The zero-order chi connectivity index (χ0) is 11.9. The zero-order valence-electron chi connectivity index (χ0n) is 8.89. The number of carboxylic acids is 1. The molecule has 1 unspecified atom stereocenters. The van der Waals surface area contributed by atoms with Gasteiger partial charge in [-0.05, 0) is 13.8 Å². The van der Waals surface area contributed by atoms with Crippen LogP contribution >= 0.6 is 0 Å². The SMILES string of the molecule is CCOCCS(=O)(=O)NC(C)CC(=O)O. The van der Waals surface area contributed by atoms with Crippen LogP contribution in [0.1, 0.15) is 20.3 Å². The number of hydrogen-bond donors (Lipinski definition) is 2. The van der Waals surface area contributed by atoms with Crippen molar-refractivity contribution in [1.82, 2.24) is 4.72 Å². The Labute approximate surface area is 89.7 Å². The van der Waals surface area contributed by atoms with Crippen LogP contribution in [0, 0.1) is 0 Å². The largest absolute Gasteiger partial charge is 0.481 e. The second kappa shape index (κ2) is 6.76. The molecule has 0 heterocycles. The molecule has 90 valence electrons. The van der Waals surface area contributed by atoms with Crippen molar-refractivity contribution in [1.29, 1.82) is 0 Å². The summed E-state index contributed by atoms with van der Waals surface area (Å²) >= 11 is 0. The van der Waals surface area contributed by atoms with Crippen molar-refractivity contribution in [2.75, 3.05) is 19.0 Å². The molecule has 0 aromatic carbocycles. The summed E-state index contributed by atoms with van der Waals surface area (Å²) in [7, 11) is -3.44. The Morgan fingerprint density at radius 2 is 2.13 bits per heavy atom. The summed E-state index contributed by atoms with van der Waals surface area (Å²) in [4.78, 5) is 10.3. The van der Waals surface area contributed by atoms with E-state index < -0.39 is 22.0 Å². The highest BCUT2D eigenvalue weighted by atomic mass is 32.2. The minimum absolute atomic E-state index is 0.117. The number of carbonyl (C=O) groups is 1. The first-order valence-corrected chi connectivity index (χ1v) is 6.32. The number of carboxylic acid groups (broad SMARTS) is 1. The van der Waals surface area contributed by atoms with Gasteiger partial charge in [0.2, 0.25) is 10.0 Å². The van der Waals surface area contributed by atoms with Crippen LogP contribution in [0.4, 0.5) is 0 Å². The van der Waals surface area contributed by atoms with Crippen LogP contribution in [0.15, 0.2) is 0 Å². The first-order valence-electron chi connectivity index (χ1n) is 4.67. The summed E-state index contributed by atoms with van der Waals surface area (Å²) < 4.78 is 29.8. The maximum atomic E-state index is 11.3. The number of rotatable bonds is 8. The lowest BCUT2D eigenvalue weighted by molar-refractivity contribution is -0.137. The second-order valence-electron chi connectivity index (χ2n) is 3.13. The van der Waals surface area contributed by atoms with Crippen LogP contribution in [-0.2, 0) is 19.6 Å². The van der Waals surface area contributed by atoms with Gasteiger partial charge in [-0.3, -0.25) is 4.79 Å². The number of ether oxygens (including phenoxy) is 1. The average Bonchev–Trinajstić information content (AvgIpc) is 2.00. The summed E-state index contributed by atoms with van der Waals surface area (Å²) in [5.41, 5.74) is 0. The maximum Gasteiger partial charge on any atom is 0.304 e. The lowest BCUT2D eigenvalue weighted by Crippen LogP contribution is -2.36. The van der Waals surface area contributed by atoms with Crippen LogP contribution in [0.3, 0.4) is 0 Å². The van der Waals surface area contributed by atoms with Gasteiger partial charge in [-0.2, -0.15) is 0 Å². The van der Waals surface area contributed by atoms with Gasteiger partial charge >= 0.3 is 5.97 Å². The molecule has 0 aliphatic carbocycles. The predicted molar refractivity (Wildman–Crippen MR) is 55.1 cm³/mol. The van der Waals surface area contributed by atoms with Crippen molar-refractivity contribution in [2.24, 2.45) is 0 Å². The molecule has 6 nitrogen and oxygen atoms in total. The third-order valence-electron chi connectivity index (χ3n) is 1.56. The molecule has 0 bridgehead atoms. The lowest BCUT2D eigenvalue weighted by atomic mass is 10.3. The number of nitrogens with one attached hydrogen (secondary N) is 1. The molecule has 0 spiro atoms. The molecule has 0 saturated heterocycles. The third-order valence-corrected chi connectivity index (χ3v) is 3.03. The highest BCUT2D eigenvalue weighted by molar-refractivity contribution is 7.89. The quantitative estimate of drug-likeness (QED) is 0.572. The van der Waals surface area contributed by atoms with Gasteiger partial charge in [-0.25, -0.2) is 13.1 Å². The summed E-state index contributed by atoms with van der Waals surface area (Å²) in [6, 6.07) is -0.603. The Kier molecular flexibility index (Phi) is 6.46. The molecule has 2 N–H and O–H groups in total. The second-order valence-corrected chi connectivity index (χ2v) is 5.01. The van der Waals surface area contributed by atoms with E-state index in [-0.39, 0.29) is 18.8 Å². The van der Waals surface area contributed by atoms with Gasteiger partial charge in [0.1, 0.15) is 0 Å². The maximum absolute atomic E-state index is 11.3. The van der Waals surface area contributed by atoms with Crippen molar-refractivity contribution in [3.05, 3.63) is 0 Å². The van der Waals surface area contributed by atoms with Gasteiger partial charge in [-0.15, -0.1) is 0 Å². The monoisotopic (exact) mass is 239 g/mol. The Bertz CT molecular complexity index is 287. The molecule has 0 aliphatic heterocycles. The highest BCUT2D eigenvalue weighted by Gasteiger charge is 2.16. The van der Waals surface area contributed by atoms with E-state index in [9.17, 15) is 13.2 Å². The highest BCUT2D eigenvalue weighted by Crippen LogP contribution is 1.95. The van der Waals surface area contributed by atoms with E-state index in [1.807, 2.05) is 0 Å². The Balaban J connectivity index is 3.97. The number of aliphatic carboxylic acids is 1. The van der Waals surface area contributed by atoms with Gasteiger partial charge in [0.05, 0.1) is 18.8 Å². The van der Waals surface area contributed by atoms with E-state index in [1.54, 1.807) is 6.92 Å². The van der Waals surface area contributed by atoms with Crippen LogP contribution < -0.4 is 4.72 Å². The third kappa shape index (κ3) is 8.34. The average molecular weight is 239 g/mol. The first-order chi connectivity index (χ1) is 6.87. The van der Waals surface area contributed by atoms with E-state index in [1.165, 1.54) is 6.92 Å². The minimum Gasteiger partial charge on any atom is -0.481 e. The van der Waals surface area contributed by atoms with Crippen LogP contribution in [0.5, 0.6) is 0 Å². The van der Waals surface area contributed by atoms with E-state index in [2.05, 4.69) is 4.72 Å². The summed E-state index contributed by atoms with van der Waals surface area (Å²) in [5, 5.41) is 8.44. The smallest absolute Gasteiger partial charge is 0.304 e. The van der Waals surface area contributed by atoms with Gasteiger partial charge < -0.3 is 9.84 Å². The van der Waals surface area contributed by atoms with Crippen LogP contribution in [0.25, 0.3) is 0 Å². The van der Waals surface area contributed by atoms with Gasteiger partial charge in [-0.1, -0.05) is 0 Å². The van der Waals surface area contributed by atoms with Crippen molar-refractivity contribution in [3.8, 4) is 0 Å². The first kappa shape index (κ1) is 14.3. The molecule has 0 aromatic rings. The molecule has 0 rings (SSSR count). The standard InChI is InChI=1S/C8H17NO5S/c1-3-14-4-5-15(12,13)9-7(2)6-8(10)11/h7,9H,3-6H2,1-2H3,(H,10,11). The molecular weight excluding hydrogens is 222 g/mol. The fraction of sp³-hybridized carbons (Fsp3) is 0.875. The predicted octanol–water partition coefficient (Wildman–Crippen LogP) is -0.194. The van der Waals surface area contributed by atoms with Gasteiger partial charge in [0.25, 0.3) is 0 Å². The van der Waals surface area contributed by atoms with Crippen molar-refractivity contribution in [2.45, 2.75) is 26.3 Å². The van der Waals surface area contributed by atoms with Gasteiger partial charge in [0.15, 0.2) is 0 Å². The summed E-state index contributed by atoms with van der Waals surface area (Å²) in [6.07, 6.45) is -0.228. The normalized spacial score (nSPS) is 13.7. The molecule has 15 heavy (non-hydrogen) atoms. The van der Waals surface area contributed by atoms with Crippen molar-refractivity contribution in [3.63, 3.8) is 0 Å². The molecule has 0 fully saturated rings. The van der Waals surface area contributed by atoms with Gasteiger partial charge in [0, 0.05) is 12.6 Å². The Morgan fingerprint density at radius 1 is 1.53 bits per heavy atom. The van der Waals surface area contributed by atoms with Crippen molar-refractivity contribution < 1.29 is 23.1 Å².